The van der Waals surface area contributed by atoms with Gasteiger partial charge in [0.2, 0.25) is 11.8 Å². The van der Waals surface area contributed by atoms with E-state index in [0.717, 1.165) is 11.1 Å². The van der Waals surface area contributed by atoms with Crippen LogP contribution in [0, 0.1) is 6.92 Å². The quantitative estimate of drug-likeness (QED) is 0.568. The summed E-state index contributed by atoms with van der Waals surface area (Å²) < 4.78 is 11.6. The minimum atomic E-state index is -0.525. The number of nitrogens with two attached hydrogens (primary N) is 1. The molecule has 1 heterocycles. The molecule has 1 aliphatic heterocycles. The highest BCUT2D eigenvalue weighted by Crippen LogP contribution is 2.39. The van der Waals surface area contributed by atoms with Gasteiger partial charge in [0.15, 0.2) is 11.5 Å². The Labute approximate surface area is 191 Å². The maximum atomic E-state index is 12.8. The average Bonchev–Trinajstić information content (AvgIpc) is 3.18. The molecule has 1 unspecified atom stereocenters. The molecule has 0 saturated carbocycles. The normalized spacial score (nSPS) is 15.7. The molecule has 164 valence electrons. The lowest BCUT2D eigenvalue weighted by molar-refractivity contribution is -0.117. The zero-order chi connectivity index (χ0) is 22.8. The van der Waals surface area contributed by atoms with Crippen molar-refractivity contribution in [3.63, 3.8) is 0 Å². The monoisotopic (exact) mass is 450 g/mol. The second-order valence-electron chi connectivity index (χ2n) is 7.74. The lowest BCUT2D eigenvalue weighted by Gasteiger charge is -2.18. The minimum absolute atomic E-state index is 0.0133. The number of halogens is 1. The van der Waals surface area contributed by atoms with Crippen molar-refractivity contribution in [2.45, 2.75) is 19.3 Å². The van der Waals surface area contributed by atoms with E-state index in [-0.39, 0.29) is 11.8 Å². The first-order chi connectivity index (χ1) is 15.4. The summed E-state index contributed by atoms with van der Waals surface area (Å²) in [4.78, 5) is 26.0. The van der Waals surface area contributed by atoms with Gasteiger partial charge in [0, 0.05) is 35.2 Å². The number of carbonyl (C=O) groups excluding carboxylic acids is 2. The van der Waals surface area contributed by atoms with Crippen LogP contribution >= 0.6 is 11.6 Å². The van der Waals surface area contributed by atoms with Gasteiger partial charge in [-0.15, -0.1) is 0 Å². The zero-order valence-corrected chi connectivity index (χ0v) is 18.6. The number of carbonyl (C=O) groups is 2. The van der Waals surface area contributed by atoms with Crippen molar-refractivity contribution in [1.29, 1.82) is 0 Å². The number of anilines is 1. The van der Waals surface area contributed by atoms with Crippen molar-refractivity contribution in [2.24, 2.45) is 5.73 Å². The van der Waals surface area contributed by atoms with Crippen LogP contribution in [0.25, 0.3) is 0 Å². The molecular weight excluding hydrogens is 428 g/mol. The van der Waals surface area contributed by atoms with E-state index in [1.165, 1.54) is 0 Å². The van der Waals surface area contributed by atoms with E-state index in [1.807, 2.05) is 37.3 Å². The molecule has 0 bridgehead atoms. The number of hydrogen-bond donors (Lipinski definition) is 1. The number of aryl methyl sites for hydroxylation is 1. The van der Waals surface area contributed by atoms with Gasteiger partial charge < -0.3 is 20.1 Å². The van der Waals surface area contributed by atoms with E-state index < -0.39 is 5.91 Å². The van der Waals surface area contributed by atoms with Crippen LogP contribution in [0.15, 0.2) is 60.7 Å². The molecule has 7 heteroatoms. The third kappa shape index (κ3) is 4.41. The summed E-state index contributed by atoms with van der Waals surface area (Å²) in [6.45, 7) is 2.43. The first kappa shape index (κ1) is 21.7. The molecule has 1 aliphatic rings. The predicted octanol–water partition coefficient (Wildman–Crippen LogP) is 5.07. The Balaban J connectivity index is 1.61. The van der Waals surface area contributed by atoms with Crippen molar-refractivity contribution in [2.75, 3.05) is 18.6 Å². The summed E-state index contributed by atoms with van der Waals surface area (Å²) in [5, 5.41) is 0.580. The van der Waals surface area contributed by atoms with Crippen LogP contribution in [0.5, 0.6) is 17.2 Å². The summed E-state index contributed by atoms with van der Waals surface area (Å²) in [5.74, 6) is 1.21. The molecule has 6 nitrogen and oxygen atoms in total. The molecule has 32 heavy (non-hydrogen) atoms. The van der Waals surface area contributed by atoms with Gasteiger partial charge in [0.25, 0.3) is 0 Å². The molecule has 4 rings (SSSR count). The fourth-order valence-electron chi connectivity index (χ4n) is 3.84. The number of nitrogens with zero attached hydrogens (tertiary/aromatic N) is 1. The number of methoxy groups -OCH3 is 1. The number of amides is 2. The summed E-state index contributed by atoms with van der Waals surface area (Å²) >= 11 is 6.13. The molecule has 0 aliphatic carbocycles. The Bertz CT molecular complexity index is 1190. The largest absolute Gasteiger partial charge is 0.493 e. The average molecular weight is 451 g/mol. The topological polar surface area (TPSA) is 81.9 Å². The van der Waals surface area contributed by atoms with Crippen LogP contribution in [0.1, 0.15) is 33.8 Å². The highest BCUT2D eigenvalue weighted by Gasteiger charge is 2.32. The standard InChI is InChI=1S/C25H23ClN2O4/c1-15-6-8-19(26)13-22(15)32-23-11-16(7-9-21(23)31-2)18-12-24(29)28(14-18)20-5-3-4-17(10-20)25(27)30/h3-11,13,18H,12,14H2,1-2H3,(H2,27,30). The van der Waals surface area contributed by atoms with Crippen LogP contribution in [-0.2, 0) is 4.79 Å². The van der Waals surface area contributed by atoms with Crippen molar-refractivity contribution in [3.05, 3.63) is 82.4 Å². The van der Waals surface area contributed by atoms with Crippen molar-refractivity contribution >= 4 is 29.1 Å². The number of rotatable bonds is 6. The fraction of sp³-hybridized carbons (Fsp3) is 0.200. The second kappa shape index (κ2) is 8.93. The highest BCUT2D eigenvalue weighted by molar-refractivity contribution is 6.30. The number of hydrogen-bond acceptors (Lipinski definition) is 4. The van der Waals surface area contributed by atoms with Crippen LogP contribution in [-0.4, -0.2) is 25.5 Å². The Morgan fingerprint density at radius 2 is 1.88 bits per heavy atom. The van der Waals surface area contributed by atoms with Gasteiger partial charge in [-0.25, -0.2) is 0 Å². The molecule has 0 spiro atoms. The fourth-order valence-corrected chi connectivity index (χ4v) is 4.00. The highest BCUT2D eigenvalue weighted by atomic mass is 35.5. The molecule has 2 amide bonds. The molecule has 1 atom stereocenters. The summed E-state index contributed by atoms with van der Waals surface area (Å²) in [6.07, 6.45) is 0.350. The lowest BCUT2D eigenvalue weighted by Crippen LogP contribution is -2.24. The Morgan fingerprint density at radius 1 is 1.06 bits per heavy atom. The van der Waals surface area contributed by atoms with E-state index in [1.54, 1.807) is 42.3 Å². The molecule has 3 aromatic carbocycles. The van der Waals surface area contributed by atoms with E-state index in [0.29, 0.717) is 46.5 Å². The Kier molecular flexibility index (Phi) is 6.06. The SMILES string of the molecule is COc1ccc(C2CC(=O)N(c3cccc(C(N)=O)c3)C2)cc1Oc1cc(Cl)ccc1C. The van der Waals surface area contributed by atoms with Gasteiger partial charge >= 0.3 is 0 Å². The van der Waals surface area contributed by atoms with Crippen molar-refractivity contribution in [3.8, 4) is 17.2 Å². The van der Waals surface area contributed by atoms with Crippen molar-refractivity contribution < 1.29 is 19.1 Å². The Hall–Kier alpha value is -3.51. The van der Waals surface area contributed by atoms with Gasteiger partial charge in [-0.2, -0.15) is 0 Å². The molecule has 0 aromatic heterocycles. The van der Waals surface area contributed by atoms with Gasteiger partial charge in [-0.3, -0.25) is 9.59 Å². The van der Waals surface area contributed by atoms with Crippen LogP contribution in [0.3, 0.4) is 0 Å². The molecule has 3 aromatic rings. The third-order valence-corrected chi connectivity index (χ3v) is 5.83. The van der Waals surface area contributed by atoms with Gasteiger partial charge in [-0.05, 0) is 60.5 Å². The molecule has 2 N–H and O–H groups in total. The molecule has 0 radical (unpaired) electrons. The number of ether oxygens (including phenoxy) is 2. The molecule has 1 fully saturated rings. The number of benzene rings is 3. The lowest BCUT2D eigenvalue weighted by atomic mass is 9.98. The maximum absolute atomic E-state index is 12.8. The summed E-state index contributed by atoms with van der Waals surface area (Å²) in [7, 11) is 1.58. The van der Waals surface area contributed by atoms with E-state index in [2.05, 4.69) is 0 Å². The zero-order valence-electron chi connectivity index (χ0n) is 17.8. The number of primary amides is 1. The van der Waals surface area contributed by atoms with Gasteiger partial charge in [0.1, 0.15) is 5.75 Å². The third-order valence-electron chi connectivity index (χ3n) is 5.60. The van der Waals surface area contributed by atoms with Crippen LogP contribution in [0.2, 0.25) is 5.02 Å². The predicted molar refractivity (Wildman–Crippen MR) is 124 cm³/mol. The summed E-state index contributed by atoms with van der Waals surface area (Å²) in [5.41, 5.74) is 8.32. The molecule has 1 saturated heterocycles. The Morgan fingerprint density at radius 3 is 2.62 bits per heavy atom. The van der Waals surface area contributed by atoms with Gasteiger partial charge in [-0.1, -0.05) is 29.8 Å². The van der Waals surface area contributed by atoms with E-state index in [9.17, 15) is 9.59 Å². The maximum Gasteiger partial charge on any atom is 0.248 e. The summed E-state index contributed by atoms with van der Waals surface area (Å²) in [6, 6.07) is 18.0. The van der Waals surface area contributed by atoms with Crippen LogP contribution < -0.4 is 20.1 Å². The van der Waals surface area contributed by atoms with Crippen molar-refractivity contribution in [1.82, 2.24) is 0 Å². The van der Waals surface area contributed by atoms with E-state index >= 15 is 0 Å². The van der Waals surface area contributed by atoms with E-state index in [4.69, 9.17) is 26.8 Å². The molecular formula is C25H23ClN2O4. The minimum Gasteiger partial charge on any atom is -0.493 e. The van der Waals surface area contributed by atoms with Crippen LogP contribution in [0.4, 0.5) is 5.69 Å². The first-order valence-corrected chi connectivity index (χ1v) is 10.6. The first-order valence-electron chi connectivity index (χ1n) is 10.2. The smallest absolute Gasteiger partial charge is 0.248 e. The van der Waals surface area contributed by atoms with Gasteiger partial charge in [0.05, 0.1) is 7.11 Å². The second-order valence-corrected chi connectivity index (χ2v) is 8.18.